The summed E-state index contributed by atoms with van der Waals surface area (Å²) in [7, 11) is -10.5. The van der Waals surface area contributed by atoms with Crippen LogP contribution in [0.3, 0.4) is 0 Å². The number of imidazole rings is 1. The molecule has 1 aliphatic heterocycles. The molecule has 17 N–H and O–H groups in total. The summed E-state index contributed by atoms with van der Waals surface area (Å²) in [6, 6.07) is 0. The van der Waals surface area contributed by atoms with Gasteiger partial charge in [0.2, 0.25) is 5.95 Å². The number of phosphoric acid groups is 2. The minimum Gasteiger partial charge on any atom is -0.387 e. The fraction of sp³-hybridized carbons (Fsp3) is 0.500. The van der Waals surface area contributed by atoms with Crippen molar-refractivity contribution in [2.75, 3.05) is 12.3 Å². The molecule has 2 aromatic rings. The van der Waals surface area contributed by atoms with Gasteiger partial charge in [-0.05, 0) is 0 Å². The van der Waals surface area contributed by atoms with Gasteiger partial charge in [0.1, 0.15) is 18.3 Å². The largest absolute Gasteiger partial charge is 0.481 e. The number of aromatic amines is 1. The lowest BCUT2D eigenvalue weighted by Crippen LogP contribution is -2.33. The molecule has 0 aliphatic carbocycles. The molecule has 0 spiro atoms. The summed E-state index contributed by atoms with van der Waals surface area (Å²) >= 11 is 0. The van der Waals surface area contributed by atoms with E-state index in [0.29, 0.717) is 0 Å². The van der Waals surface area contributed by atoms with Crippen LogP contribution in [-0.2, 0) is 22.7 Å². The molecule has 0 radical (unpaired) electrons. The van der Waals surface area contributed by atoms with Crippen molar-refractivity contribution < 1.29 is 47.6 Å². The SMILES string of the molecule is N.N.N.Nc1nc2c(ncn2[C@@H]2O[C@H](COP(=O)(O)OP(=O)(O)O)[C@@H](O)[C@H]2O)c(=O)[nH]1. The van der Waals surface area contributed by atoms with Crippen molar-refractivity contribution in [1.82, 2.24) is 38.0 Å². The van der Waals surface area contributed by atoms with Crippen LogP contribution in [0.4, 0.5) is 5.95 Å². The number of rotatable bonds is 6. The highest BCUT2D eigenvalue weighted by molar-refractivity contribution is 7.60. The maximum Gasteiger partial charge on any atom is 0.481 e. The first-order valence-electron chi connectivity index (χ1n) is 7.36. The predicted octanol–water partition coefficient (Wildman–Crippen LogP) is -1.97. The van der Waals surface area contributed by atoms with E-state index in [4.69, 9.17) is 20.3 Å². The third-order valence-electron chi connectivity index (χ3n) is 3.67. The number of anilines is 1. The van der Waals surface area contributed by atoms with Gasteiger partial charge in [0.05, 0.1) is 12.9 Å². The number of fused-ring (bicyclic) bond motifs is 1. The van der Waals surface area contributed by atoms with Crippen molar-refractivity contribution in [3.63, 3.8) is 0 Å². The lowest BCUT2D eigenvalue weighted by atomic mass is 10.1. The number of phosphoric ester groups is 1. The highest BCUT2D eigenvalue weighted by Gasteiger charge is 2.46. The van der Waals surface area contributed by atoms with Crippen LogP contribution in [0.25, 0.3) is 11.2 Å². The normalized spacial score (nSPS) is 25.2. The van der Waals surface area contributed by atoms with E-state index in [1.54, 1.807) is 0 Å². The molecule has 2 aromatic heterocycles. The van der Waals surface area contributed by atoms with E-state index in [0.717, 1.165) is 10.9 Å². The molecule has 3 heterocycles. The van der Waals surface area contributed by atoms with Crippen molar-refractivity contribution in [2.24, 2.45) is 0 Å². The Bertz CT molecular complexity index is 1040. The number of aliphatic hydroxyl groups is 2. The first-order chi connectivity index (χ1) is 12.9. The molecule has 0 aromatic carbocycles. The van der Waals surface area contributed by atoms with Gasteiger partial charge in [-0.1, -0.05) is 0 Å². The smallest absolute Gasteiger partial charge is 0.387 e. The number of aliphatic hydroxyl groups excluding tert-OH is 2. The van der Waals surface area contributed by atoms with Gasteiger partial charge in [-0.3, -0.25) is 18.9 Å². The molecule has 180 valence electrons. The minimum absolute atomic E-state index is 0. The summed E-state index contributed by atoms with van der Waals surface area (Å²) in [6.45, 7) is -0.870. The van der Waals surface area contributed by atoms with Gasteiger partial charge >= 0.3 is 15.6 Å². The third-order valence-corrected chi connectivity index (χ3v) is 5.83. The summed E-state index contributed by atoms with van der Waals surface area (Å²) in [6.07, 6.45) is -4.88. The van der Waals surface area contributed by atoms with E-state index in [9.17, 15) is 29.0 Å². The van der Waals surface area contributed by atoms with Crippen molar-refractivity contribution in [3.05, 3.63) is 16.7 Å². The summed E-state index contributed by atoms with van der Waals surface area (Å²) in [5, 5.41) is 20.3. The zero-order valence-corrected chi connectivity index (χ0v) is 17.5. The average Bonchev–Trinajstić information content (AvgIpc) is 3.06. The Morgan fingerprint density at radius 2 is 1.81 bits per heavy atom. The van der Waals surface area contributed by atoms with Gasteiger partial charge in [-0.2, -0.15) is 9.29 Å². The lowest BCUT2D eigenvalue weighted by Gasteiger charge is -2.17. The molecule has 31 heavy (non-hydrogen) atoms. The highest BCUT2D eigenvalue weighted by Crippen LogP contribution is 2.57. The highest BCUT2D eigenvalue weighted by atomic mass is 31.3. The molecule has 1 aliphatic rings. The van der Waals surface area contributed by atoms with E-state index in [1.807, 2.05) is 0 Å². The van der Waals surface area contributed by atoms with Crippen molar-refractivity contribution in [3.8, 4) is 0 Å². The molecule has 0 saturated carbocycles. The summed E-state index contributed by atoms with van der Waals surface area (Å²) in [5.41, 5.74) is 4.65. The maximum absolute atomic E-state index is 11.8. The molecule has 0 bridgehead atoms. The number of nitrogens with zero attached hydrogens (tertiary/aromatic N) is 3. The Kier molecular flexibility index (Phi) is 9.59. The Morgan fingerprint density at radius 1 is 1.19 bits per heavy atom. The Morgan fingerprint density at radius 3 is 2.39 bits per heavy atom. The average molecular weight is 494 g/mol. The summed E-state index contributed by atoms with van der Waals surface area (Å²) in [5.74, 6) is -0.233. The maximum atomic E-state index is 11.8. The second kappa shape index (κ2) is 10.2. The monoisotopic (exact) mass is 494 g/mol. The van der Waals surface area contributed by atoms with E-state index >= 15 is 0 Å². The van der Waals surface area contributed by atoms with E-state index < -0.39 is 52.4 Å². The zero-order valence-electron chi connectivity index (χ0n) is 15.7. The van der Waals surface area contributed by atoms with Gasteiger partial charge in [0.25, 0.3) is 5.56 Å². The van der Waals surface area contributed by atoms with Gasteiger partial charge < -0.3 is 53.8 Å². The van der Waals surface area contributed by atoms with Gasteiger partial charge in [-0.25, -0.2) is 14.1 Å². The van der Waals surface area contributed by atoms with E-state index in [1.165, 1.54) is 0 Å². The molecule has 1 fully saturated rings. The minimum atomic E-state index is -5.32. The number of nitrogens with two attached hydrogens (primary N) is 1. The molecular formula is C10H24N8O11P2. The third kappa shape index (κ3) is 6.34. The van der Waals surface area contributed by atoms with Crippen LogP contribution < -0.4 is 29.7 Å². The van der Waals surface area contributed by atoms with Crippen LogP contribution in [0, 0.1) is 0 Å². The predicted molar refractivity (Wildman–Crippen MR) is 102 cm³/mol. The van der Waals surface area contributed by atoms with Crippen molar-refractivity contribution in [1.29, 1.82) is 0 Å². The Labute approximate surface area is 172 Å². The molecule has 1 saturated heterocycles. The number of nitrogens with one attached hydrogen (secondary N) is 1. The topological polar surface area (TPSA) is 358 Å². The van der Waals surface area contributed by atoms with Crippen LogP contribution in [0.1, 0.15) is 6.23 Å². The number of aromatic nitrogens is 4. The van der Waals surface area contributed by atoms with Crippen LogP contribution in [0.2, 0.25) is 0 Å². The Hall–Kier alpha value is -1.83. The second-order valence-electron chi connectivity index (χ2n) is 5.66. The number of ether oxygens (including phenoxy) is 1. The number of H-pyrrole nitrogens is 1. The summed E-state index contributed by atoms with van der Waals surface area (Å²) < 4.78 is 36.6. The van der Waals surface area contributed by atoms with E-state index in [-0.39, 0.29) is 35.6 Å². The first-order valence-corrected chi connectivity index (χ1v) is 10.4. The Balaban J connectivity index is 0.00000300. The van der Waals surface area contributed by atoms with Crippen LogP contribution in [0.15, 0.2) is 11.1 Å². The first kappa shape index (κ1) is 29.2. The van der Waals surface area contributed by atoms with Gasteiger partial charge in [0, 0.05) is 0 Å². The lowest BCUT2D eigenvalue weighted by molar-refractivity contribution is -0.0503. The molecule has 5 atom stereocenters. The standard InChI is InChI=1S/C10H15N5O11P2.3H3N/c11-10-13-7-4(8(18)14-10)12-2-15(7)9-6(17)5(16)3(25-9)1-24-28(22,23)26-27(19,20)21;;;/h2-3,5-6,9,16-17H,1H2,(H,22,23)(H2,19,20,21)(H3,11,13,14,18);3*1H3/t3-,5-,6-,9-;;;/m1.../s1. The quantitative estimate of drug-likeness (QED) is 0.195. The molecule has 19 nitrogen and oxygen atoms in total. The number of hydrogen-bond donors (Lipinski definition) is 10. The molecule has 3 rings (SSSR count). The fourth-order valence-electron chi connectivity index (χ4n) is 2.55. The molecule has 0 amide bonds. The fourth-order valence-corrected chi connectivity index (χ4v) is 4.15. The van der Waals surface area contributed by atoms with Crippen molar-refractivity contribution >= 4 is 32.8 Å². The van der Waals surface area contributed by atoms with Crippen LogP contribution in [-0.4, -0.2) is 69.3 Å². The van der Waals surface area contributed by atoms with E-state index in [2.05, 4.69) is 23.8 Å². The zero-order chi connectivity index (χ0) is 20.9. The summed E-state index contributed by atoms with van der Waals surface area (Å²) in [4.78, 5) is 48.1. The molecule has 21 heteroatoms. The molecular weight excluding hydrogens is 470 g/mol. The van der Waals surface area contributed by atoms with Crippen molar-refractivity contribution in [2.45, 2.75) is 24.5 Å². The van der Waals surface area contributed by atoms with Gasteiger partial charge in [-0.15, -0.1) is 0 Å². The van der Waals surface area contributed by atoms with Crippen LogP contribution in [0.5, 0.6) is 0 Å². The van der Waals surface area contributed by atoms with Crippen LogP contribution >= 0.6 is 15.6 Å². The number of hydrogen-bond acceptors (Lipinski definition) is 14. The second-order valence-corrected chi connectivity index (χ2v) is 8.49. The van der Waals surface area contributed by atoms with Gasteiger partial charge in [0.15, 0.2) is 17.4 Å². The number of nitrogen functional groups attached to an aromatic ring is 1. The molecule has 1 unspecified atom stereocenters.